The Morgan fingerprint density at radius 2 is 1.79 bits per heavy atom. The van der Waals surface area contributed by atoms with Crippen molar-refractivity contribution in [2.75, 3.05) is 18.1 Å². The standard InChI is InChI=1S/C28H28ClN3O2/c1-19-8-5-9-20(2)27(19)34-15-7-14-31-25-13-4-3-12-24(25)30-28(31)21-16-26(33)32(18-21)23-11-6-10-22(29)17-23/h3-6,8-13,17,21H,7,14-16,18H2,1-2H3/t21-/m1/s1. The molecule has 3 aromatic carbocycles. The van der Waals surface area contributed by atoms with E-state index in [1.165, 1.54) is 0 Å². The summed E-state index contributed by atoms with van der Waals surface area (Å²) in [6.07, 6.45) is 1.29. The van der Waals surface area contributed by atoms with E-state index in [4.69, 9.17) is 21.3 Å². The predicted molar refractivity (Wildman–Crippen MR) is 137 cm³/mol. The van der Waals surface area contributed by atoms with Crippen molar-refractivity contribution in [3.05, 3.63) is 88.7 Å². The Kier molecular flexibility index (Phi) is 6.29. The Morgan fingerprint density at radius 1 is 1.03 bits per heavy atom. The van der Waals surface area contributed by atoms with E-state index in [0.29, 0.717) is 24.6 Å². The second-order valence-corrected chi connectivity index (χ2v) is 9.36. The molecule has 5 nitrogen and oxygen atoms in total. The summed E-state index contributed by atoms with van der Waals surface area (Å²) in [4.78, 5) is 19.7. The van der Waals surface area contributed by atoms with E-state index in [-0.39, 0.29) is 11.8 Å². The molecule has 0 unspecified atom stereocenters. The molecule has 0 spiro atoms. The van der Waals surface area contributed by atoms with Crippen LogP contribution in [0, 0.1) is 13.8 Å². The number of hydrogen-bond acceptors (Lipinski definition) is 3. The zero-order valence-corrected chi connectivity index (χ0v) is 20.3. The molecular formula is C28H28ClN3O2. The molecule has 0 aliphatic carbocycles. The molecule has 174 valence electrons. The van der Waals surface area contributed by atoms with Crippen LogP contribution < -0.4 is 9.64 Å². The van der Waals surface area contributed by atoms with Gasteiger partial charge in [-0.3, -0.25) is 4.79 Å². The van der Waals surface area contributed by atoms with Crippen molar-refractivity contribution < 1.29 is 9.53 Å². The highest BCUT2D eigenvalue weighted by Crippen LogP contribution is 2.34. The summed E-state index contributed by atoms with van der Waals surface area (Å²) in [7, 11) is 0. The number of carbonyl (C=O) groups is 1. The average molecular weight is 474 g/mol. The summed E-state index contributed by atoms with van der Waals surface area (Å²) < 4.78 is 8.40. The number of ether oxygens (including phenoxy) is 1. The van der Waals surface area contributed by atoms with Crippen LogP contribution in [0.2, 0.25) is 5.02 Å². The van der Waals surface area contributed by atoms with Gasteiger partial charge >= 0.3 is 0 Å². The Labute approximate surface area is 204 Å². The lowest BCUT2D eigenvalue weighted by molar-refractivity contribution is -0.117. The molecule has 1 atom stereocenters. The highest BCUT2D eigenvalue weighted by Gasteiger charge is 2.34. The number of aromatic nitrogens is 2. The van der Waals surface area contributed by atoms with Crippen molar-refractivity contribution >= 4 is 34.2 Å². The van der Waals surface area contributed by atoms with Crippen LogP contribution in [0.5, 0.6) is 5.75 Å². The van der Waals surface area contributed by atoms with Gasteiger partial charge < -0.3 is 14.2 Å². The summed E-state index contributed by atoms with van der Waals surface area (Å²) in [5, 5.41) is 0.630. The largest absolute Gasteiger partial charge is 0.493 e. The van der Waals surface area contributed by atoms with Crippen LogP contribution in [0.4, 0.5) is 5.69 Å². The molecule has 5 rings (SSSR count). The van der Waals surface area contributed by atoms with Crippen molar-refractivity contribution in [3.8, 4) is 5.75 Å². The van der Waals surface area contributed by atoms with Crippen LogP contribution in [0.15, 0.2) is 66.7 Å². The summed E-state index contributed by atoms with van der Waals surface area (Å²) in [6, 6.07) is 21.9. The summed E-state index contributed by atoms with van der Waals surface area (Å²) in [6.45, 7) is 6.15. The van der Waals surface area contributed by atoms with Crippen LogP contribution in [-0.4, -0.2) is 28.6 Å². The number of imidazole rings is 1. The smallest absolute Gasteiger partial charge is 0.227 e. The molecule has 1 aromatic heterocycles. The monoisotopic (exact) mass is 473 g/mol. The van der Waals surface area contributed by atoms with Gasteiger partial charge in [0.2, 0.25) is 5.91 Å². The van der Waals surface area contributed by atoms with Crippen molar-refractivity contribution in [1.82, 2.24) is 9.55 Å². The fourth-order valence-electron chi connectivity index (χ4n) is 4.84. The van der Waals surface area contributed by atoms with Crippen LogP contribution >= 0.6 is 11.6 Å². The van der Waals surface area contributed by atoms with Gasteiger partial charge in [0.1, 0.15) is 11.6 Å². The second-order valence-electron chi connectivity index (χ2n) is 8.92. The summed E-state index contributed by atoms with van der Waals surface area (Å²) in [5.74, 6) is 2.06. The number of fused-ring (bicyclic) bond motifs is 1. The molecular weight excluding hydrogens is 446 g/mol. The topological polar surface area (TPSA) is 47.4 Å². The average Bonchev–Trinajstić information content (AvgIpc) is 3.39. The van der Waals surface area contributed by atoms with Crippen LogP contribution in [0.25, 0.3) is 11.0 Å². The number of halogens is 1. The number of hydrogen-bond donors (Lipinski definition) is 0. The first-order chi connectivity index (χ1) is 16.5. The van der Waals surface area contributed by atoms with Gasteiger partial charge in [-0.15, -0.1) is 0 Å². The molecule has 1 aliphatic heterocycles. The molecule has 0 saturated carbocycles. The van der Waals surface area contributed by atoms with Crippen molar-refractivity contribution in [1.29, 1.82) is 0 Å². The van der Waals surface area contributed by atoms with Gasteiger partial charge in [0.25, 0.3) is 0 Å². The third-order valence-corrected chi connectivity index (χ3v) is 6.71. The molecule has 4 aromatic rings. The van der Waals surface area contributed by atoms with Crippen molar-refractivity contribution in [2.45, 2.75) is 39.2 Å². The van der Waals surface area contributed by atoms with Crippen LogP contribution in [0.1, 0.15) is 35.7 Å². The number of para-hydroxylation sites is 3. The van der Waals surface area contributed by atoms with Crippen LogP contribution in [0.3, 0.4) is 0 Å². The lowest BCUT2D eigenvalue weighted by Crippen LogP contribution is -2.24. The zero-order chi connectivity index (χ0) is 23.7. The van der Waals surface area contributed by atoms with Crippen molar-refractivity contribution in [2.24, 2.45) is 0 Å². The van der Waals surface area contributed by atoms with E-state index in [1.807, 2.05) is 47.4 Å². The summed E-state index contributed by atoms with van der Waals surface area (Å²) >= 11 is 6.17. The maximum Gasteiger partial charge on any atom is 0.227 e. The number of nitrogens with zero attached hydrogens (tertiary/aromatic N) is 3. The van der Waals surface area contributed by atoms with Gasteiger partial charge in [0.15, 0.2) is 0 Å². The molecule has 2 heterocycles. The first-order valence-electron chi connectivity index (χ1n) is 11.7. The van der Waals surface area contributed by atoms with Gasteiger partial charge in [0, 0.05) is 36.1 Å². The molecule has 34 heavy (non-hydrogen) atoms. The number of anilines is 1. The number of aryl methyl sites for hydroxylation is 3. The number of amides is 1. The third kappa shape index (κ3) is 4.40. The molecule has 0 bridgehead atoms. The zero-order valence-electron chi connectivity index (χ0n) is 19.5. The number of benzene rings is 3. The first kappa shape index (κ1) is 22.5. The molecule has 1 saturated heterocycles. The number of rotatable bonds is 7. The fourth-order valence-corrected chi connectivity index (χ4v) is 5.02. The Bertz CT molecular complexity index is 1330. The first-order valence-corrected chi connectivity index (χ1v) is 12.1. The second kappa shape index (κ2) is 9.51. The molecule has 0 N–H and O–H groups in total. The van der Waals surface area contributed by atoms with E-state index < -0.39 is 0 Å². The maximum atomic E-state index is 12.9. The minimum Gasteiger partial charge on any atom is -0.493 e. The molecule has 1 fully saturated rings. The maximum absolute atomic E-state index is 12.9. The highest BCUT2D eigenvalue weighted by molar-refractivity contribution is 6.30. The molecule has 0 radical (unpaired) electrons. The fraction of sp³-hybridized carbons (Fsp3) is 0.286. The minimum absolute atomic E-state index is 0.0263. The van der Waals surface area contributed by atoms with E-state index in [9.17, 15) is 4.79 Å². The van der Waals surface area contributed by atoms with Gasteiger partial charge in [0.05, 0.1) is 17.6 Å². The van der Waals surface area contributed by atoms with Crippen LogP contribution in [-0.2, 0) is 11.3 Å². The lowest BCUT2D eigenvalue weighted by Gasteiger charge is -2.18. The molecule has 1 aliphatic rings. The van der Waals surface area contributed by atoms with E-state index in [1.54, 1.807) is 0 Å². The van der Waals surface area contributed by atoms with Gasteiger partial charge in [-0.1, -0.05) is 48.0 Å². The van der Waals surface area contributed by atoms with E-state index in [0.717, 1.165) is 52.4 Å². The SMILES string of the molecule is Cc1cccc(C)c1OCCCn1c([C@@H]2CC(=O)N(c3cccc(Cl)c3)C2)nc2ccccc21. The quantitative estimate of drug-likeness (QED) is 0.296. The Morgan fingerprint density at radius 3 is 2.59 bits per heavy atom. The Balaban J connectivity index is 1.36. The lowest BCUT2D eigenvalue weighted by atomic mass is 10.1. The summed E-state index contributed by atoms with van der Waals surface area (Å²) in [5.41, 5.74) is 5.20. The molecule has 6 heteroatoms. The normalized spacial score (nSPS) is 15.9. The van der Waals surface area contributed by atoms with E-state index in [2.05, 4.69) is 42.7 Å². The van der Waals surface area contributed by atoms with Gasteiger partial charge in [-0.2, -0.15) is 0 Å². The van der Waals surface area contributed by atoms with Crippen molar-refractivity contribution in [3.63, 3.8) is 0 Å². The molecule has 1 amide bonds. The highest BCUT2D eigenvalue weighted by atomic mass is 35.5. The predicted octanol–water partition coefficient (Wildman–Crippen LogP) is 6.30. The minimum atomic E-state index is 0.0263. The third-order valence-electron chi connectivity index (χ3n) is 6.48. The van der Waals surface area contributed by atoms with Gasteiger partial charge in [-0.05, 0) is 61.7 Å². The number of carbonyl (C=O) groups excluding carboxylic acids is 1. The Hall–Kier alpha value is -3.31. The van der Waals surface area contributed by atoms with Gasteiger partial charge in [-0.25, -0.2) is 4.98 Å². The van der Waals surface area contributed by atoms with E-state index >= 15 is 0 Å².